The maximum atomic E-state index is 14.0. The number of hydrogen-bond acceptors (Lipinski definition) is 2. The van der Waals surface area contributed by atoms with Gasteiger partial charge < -0.3 is 10.5 Å². The first-order chi connectivity index (χ1) is 7.23. The molecule has 2 nitrogen and oxygen atoms in total. The van der Waals surface area contributed by atoms with Gasteiger partial charge in [-0.3, -0.25) is 0 Å². The van der Waals surface area contributed by atoms with Crippen LogP contribution in [0.2, 0.25) is 0 Å². The smallest absolute Gasteiger partial charge is 0.168 e. The van der Waals surface area contributed by atoms with Crippen molar-refractivity contribution in [3.63, 3.8) is 0 Å². The summed E-state index contributed by atoms with van der Waals surface area (Å²) in [4.78, 5) is 0. The fourth-order valence-electron chi connectivity index (χ4n) is 2.26. The van der Waals surface area contributed by atoms with Crippen molar-refractivity contribution in [2.75, 3.05) is 13.7 Å². The lowest BCUT2D eigenvalue weighted by Gasteiger charge is -2.41. The molecule has 1 aromatic rings. The van der Waals surface area contributed by atoms with Crippen molar-refractivity contribution >= 4 is 0 Å². The Labute approximate surface area is 89.2 Å². The minimum absolute atomic E-state index is 0.140. The molecule has 82 valence electrons. The summed E-state index contributed by atoms with van der Waals surface area (Å²) in [5.74, 6) is 0.0670. The van der Waals surface area contributed by atoms with Gasteiger partial charge in [-0.25, -0.2) is 4.39 Å². The number of ether oxygens (including phenoxy) is 1. The summed E-state index contributed by atoms with van der Waals surface area (Å²) >= 11 is 0. The second-order valence-corrected chi connectivity index (χ2v) is 4.16. The van der Waals surface area contributed by atoms with Crippen LogP contribution in [0.3, 0.4) is 0 Å². The first-order valence-electron chi connectivity index (χ1n) is 5.26. The molecule has 3 heteroatoms. The average Bonchev–Trinajstić information content (AvgIpc) is 2.20. The maximum Gasteiger partial charge on any atom is 0.168 e. The molecule has 0 radical (unpaired) electrons. The zero-order valence-electron chi connectivity index (χ0n) is 8.92. The van der Waals surface area contributed by atoms with Crippen molar-refractivity contribution in [3.05, 3.63) is 29.6 Å². The molecule has 0 aromatic heterocycles. The Hall–Kier alpha value is -1.09. The molecule has 2 rings (SSSR count). The highest BCUT2D eigenvalue weighted by atomic mass is 19.1. The number of halogens is 1. The molecule has 2 N–H and O–H groups in total. The van der Waals surface area contributed by atoms with Crippen LogP contribution in [0.25, 0.3) is 0 Å². The summed E-state index contributed by atoms with van der Waals surface area (Å²) in [6.45, 7) is 0.511. The minimum Gasteiger partial charge on any atom is -0.494 e. The topological polar surface area (TPSA) is 35.2 Å². The summed E-state index contributed by atoms with van der Waals surface area (Å²) in [5.41, 5.74) is 6.33. The molecule has 0 heterocycles. The molecule has 1 aliphatic rings. The van der Waals surface area contributed by atoms with Gasteiger partial charge in [0.05, 0.1) is 7.11 Å². The first kappa shape index (κ1) is 10.4. The van der Waals surface area contributed by atoms with Crippen LogP contribution in [0.5, 0.6) is 5.75 Å². The van der Waals surface area contributed by atoms with Gasteiger partial charge in [0.15, 0.2) is 11.6 Å². The molecular formula is C12H16FNO. The average molecular weight is 209 g/mol. The number of nitrogens with two attached hydrogens (primary N) is 1. The summed E-state index contributed by atoms with van der Waals surface area (Å²) in [6, 6.07) is 5.29. The second-order valence-electron chi connectivity index (χ2n) is 4.16. The monoisotopic (exact) mass is 209 g/mol. The SMILES string of the molecule is COc1cccc(C2(CN)CCC2)c1F. The largest absolute Gasteiger partial charge is 0.494 e. The quantitative estimate of drug-likeness (QED) is 0.828. The van der Waals surface area contributed by atoms with Gasteiger partial charge >= 0.3 is 0 Å². The van der Waals surface area contributed by atoms with E-state index >= 15 is 0 Å². The van der Waals surface area contributed by atoms with Crippen molar-refractivity contribution < 1.29 is 9.13 Å². The molecule has 0 atom stereocenters. The van der Waals surface area contributed by atoms with Gasteiger partial charge in [-0.2, -0.15) is 0 Å². The summed E-state index contributed by atoms with van der Waals surface area (Å²) < 4.78 is 19.0. The Morgan fingerprint density at radius 3 is 2.67 bits per heavy atom. The molecule has 0 amide bonds. The van der Waals surface area contributed by atoms with E-state index in [2.05, 4.69) is 0 Å². The standard InChI is InChI=1S/C12H16FNO/c1-15-10-5-2-4-9(11(10)13)12(8-14)6-3-7-12/h2,4-5H,3,6-8,14H2,1H3. The zero-order chi connectivity index (χ0) is 10.9. The van der Waals surface area contributed by atoms with Gasteiger partial charge in [0.2, 0.25) is 0 Å². The summed E-state index contributed by atoms with van der Waals surface area (Å²) in [7, 11) is 1.48. The Morgan fingerprint density at radius 1 is 1.47 bits per heavy atom. The van der Waals surface area contributed by atoms with Crippen LogP contribution in [-0.2, 0) is 5.41 Å². The number of rotatable bonds is 3. The van der Waals surface area contributed by atoms with Crippen LogP contribution in [-0.4, -0.2) is 13.7 Å². The number of methoxy groups -OCH3 is 1. The highest BCUT2D eigenvalue weighted by Gasteiger charge is 2.39. The van der Waals surface area contributed by atoms with Crippen molar-refractivity contribution in [3.8, 4) is 5.75 Å². The predicted molar refractivity (Wildman–Crippen MR) is 57.5 cm³/mol. The highest BCUT2D eigenvalue weighted by Crippen LogP contribution is 2.44. The van der Waals surface area contributed by atoms with Crippen molar-refractivity contribution in [1.29, 1.82) is 0 Å². The van der Waals surface area contributed by atoms with E-state index in [9.17, 15) is 4.39 Å². The van der Waals surface area contributed by atoms with Crippen LogP contribution in [0.4, 0.5) is 4.39 Å². The highest BCUT2D eigenvalue weighted by molar-refractivity contribution is 5.37. The van der Waals surface area contributed by atoms with E-state index in [1.807, 2.05) is 12.1 Å². The van der Waals surface area contributed by atoms with Crippen LogP contribution < -0.4 is 10.5 Å². The molecular weight excluding hydrogens is 193 g/mol. The Morgan fingerprint density at radius 2 is 2.20 bits per heavy atom. The molecule has 0 saturated heterocycles. The Bertz CT molecular complexity index is 355. The second kappa shape index (κ2) is 3.81. The lowest BCUT2D eigenvalue weighted by Crippen LogP contribution is -2.42. The third kappa shape index (κ3) is 1.51. The first-order valence-corrected chi connectivity index (χ1v) is 5.26. The fraction of sp³-hybridized carbons (Fsp3) is 0.500. The van der Waals surface area contributed by atoms with E-state index in [-0.39, 0.29) is 11.2 Å². The van der Waals surface area contributed by atoms with E-state index < -0.39 is 0 Å². The van der Waals surface area contributed by atoms with Gasteiger partial charge in [0.1, 0.15) is 0 Å². The molecule has 15 heavy (non-hydrogen) atoms. The van der Waals surface area contributed by atoms with Gasteiger partial charge in [0, 0.05) is 12.0 Å². The van der Waals surface area contributed by atoms with Crippen molar-refractivity contribution in [2.24, 2.45) is 5.73 Å². The number of benzene rings is 1. The van der Waals surface area contributed by atoms with Crippen LogP contribution in [0, 0.1) is 5.82 Å². The van der Waals surface area contributed by atoms with Crippen LogP contribution in [0.1, 0.15) is 24.8 Å². The lowest BCUT2D eigenvalue weighted by molar-refractivity contribution is 0.241. The fourth-order valence-corrected chi connectivity index (χ4v) is 2.26. The van der Waals surface area contributed by atoms with Crippen LogP contribution in [0.15, 0.2) is 18.2 Å². The maximum absolute atomic E-state index is 14.0. The van der Waals surface area contributed by atoms with Gasteiger partial charge in [-0.05, 0) is 24.5 Å². The normalized spacial score (nSPS) is 18.3. The molecule has 1 fully saturated rings. The Balaban J connectivity index is 2.43. The summed E-state index contributed by atoms with van der Waals surface area (Å²) in [6.07, 6.45) is 3.09. The minimum atomic E-state index is -0.245. The van der Waals surface area contributed by atoms with Crippen molar-refractivity contribution in [2.45, 2.75) is 24.7 Å². The number of hydrogen-bond donors (Lipinski definition) is 1. The summed E-state index contributed by atoms with van der Waals surface area (Å²) in [5, 5.41) is 0. The Kier molecular flexibility index (Phi) is 2.65. The molecule has 1 aromatic carbocycles. The molecule has 0 aliphatic heterocycles. The van der Waals surface area contributed by atoms with E-state index in [4.69, 9.17) is 10.5 Å². The van der Waals surface area contributed by atoms with Crippen LogP contribution >= 0.6 is 0 Å². The van der Waals surface area contributed by atoms with E-state index in [0.717, 1.165) is 24.8 Å². The molecule has 0 unspecified atom stereocenters. The van der Waals surface area contributed by atoms with E-state index in [1.165, 1.54) is 7.11 Å². The predicted octanol–water partition coefficient (Wildman–Crippen LogP) is 2.21. The molecule has 1 aliphatic carbocycles. The van der Waals surface area contributed by atoms with Crippen molar-refractivity contribution in [1.82, 2.24) is 0 Å². The van der Waals surface area contributed by atoms with Gasteiger partial charge in [-0.1, -0.05) is 18.6 Å². The van der Waals surface area contributed by atoms with Gasteiger partial charge in [-0.15, -0.1) is 0 Å². The third-order valence-electron chi connectivity index (χ3n) is 3.46. The van der Waals surface area contributed by atoms with Gasteiger partial charge in [0.25, 0.3) is 0 Å². The molecule has 0 bridgehead atoms. The third-order valence-corrected chi connectivity index (χ3v) is 3.46. The van der Waals surface area contributed by atoms with E-state index in [0.29, 0.717) is 12.3 Å². The molecule has 1 saturated carbocycles. The zero-order valence-corrected chi connectivity index (χ0v) is 8.92. The van der Waals surface area contributed by atoms with E-state index in [1.54, 1.807) is 6.07 Å². The lowest BCUT2D eigenvalue weighted by atomic mass is 9.64. The molecule has 0 spiro atoms.